The number of thiazole rings is 1. The first-order valence-electron chi connectivity index (χ1n) is 8.30. The number of amides is 2. The van der Waals surface area contributed by atoms with Crippen LogP contribution < -0.4 is 5.73 Å². The Labute approximate surface area is 154 Å². The molecule has 0 spiro atoms. The zero-order valence-electron chi connectivity index (χ0n) is 14.3. The summed E-state index contributed by atoms with van der Waals surface area (Å²) in [5, 5.41) is 10.4. The van der Waals surface area contributed by atoms with Crippen molar-refractivity contribution in [3.05, 3.63) is 29.3 Å². The highest BCUT2D eigenvalue weighted by Gasteiger charge is 2.54. The van der Waals surface area contributed by atoms with Gasteiger partial charge in [-0.15, -0.1) is 0 Å². The molecule has 9 nitrogen and oxygen atoms in total. The van der Waals surface area contributed by atoms with Gasteiger partial charge in [0.25, 0.3) is 11.8 Å². The van der Waals surface area contributed by atoms with E-state index in [-0.39, 0.29) is 24.3 Å². The number of likely N-dealkylation sites (tertiary alicyclic amines) is 2. The number of carbonyl (C=O) groups is 2. The van der Waals surface area contributed by atoms with Crippen LogP contribution in [0, 0.1) is 11.3 Å². The minimum absolute atomic E-state index is 0.0406. The van der Waals surface area contributed by atoms with Crippen molar-refractivity contribution in [1.29, 1.82) is 0 Å². The van der Waals surface area contributed by atoms with Crippen LogP contribution in [0.5, 0.6) is 0 Å². The first-order valence-corrected chi connectivity index (χ1v) is 9.12. The van der Waals surface area contributed by atoms with Crippen LogP contribution in [-0.4, -0.2) is 74.0 Å². The van der Waals surface area contributed by atoms with Gasteiger partial charge in [-0.1, -0.05) is 11.3 Å². The number of nitrogens with zero attached hydrogens (tertiary/aromatic N) is 5. The molecule has 0 aromatic carbocycles. The van der Waals surface area contributed by atoms with Crippen molar-refractivity contribution in [3.8, 4) is 0 Å². The summed E-state index contributed by atoms with van der Waals surface area (Å²) in [6.07, 6.45) is 4.62. The van der Waals surface area contributed by atoms with Gasteiger partial charge < -0.3 is 25.2 Å². The third-order valence-electron chi connectivity index (χ3n) is 5.42. The molecule has 3 N–H and O–H groups in total. The lowest BCUT2D eigenvalue weighted by molar-refractivity contribution is 0.0664. The average molecular weight is 376 g/mol. The minimum atomic E-state index is -0.486. The Morgan fingerprint density at radius 2 is 2.00 bits per heavy atom. The van der Waals surface area contributed by atoms with E-state index in [1.54, 1.807) is 33.9 Å². The van der Waals surface area contributed by atoms with Gasteiger partial charge in [-0.3, -0.25) is 9.59 Å². The summed E-state index contributed by atoms with van der Waals surface area (Å²) in [5.74, 6) is -0.176. The van der Waals surface area contributed by atoms with Gasteiger partial charge in [0.2, 0.25) is 0 Å². The smallest absolute Gasteiger partial charge is 0.272 e. The predicted molar refractivity (Wildman–Crippen MR) is 94.6 cm³/mol. The van der Waals surface area contributed by atoms with Gasteiger partial charge in [0, 0.05) is 44.6 Å². The number of aliphatic hydroxyl groups is 1. The highest BCUT2D eigenvalue weighted by molar-refractivity contribution is 7.17. The summed E-state index contributed by atoms with van der Waals surface area (Å²) >= 11 is 1.16. The van der Waals surface area contributed by atoms with Gasteiger partial charge >= 0.3 is 0 Å². The molecule has 2 aliphatic rings. The van der Waals surface area contributed by atoms with E-state index in [9.17, 15) is 14.7 Å². The molecule has 0 unspecified atom stereocenters. The first kappa shape index (κ1) is 17.0. The Morgan fingerprint density at radius 1 is 1.31 bits per heavy atom. The fraction of sp³-hybridized carbons (Fsp3) is 0.500. The Hall–Kier alpha value is -2.46. The second-order valence-electron chi connectivity index (χ2n) is 7.04. The van der Waals surface area contributed by atoms with Gasteiger partial charge in [0.05, 0.1) is 25.3 Å². The van der Waals surface area contributed by atoms with Crippen LogP contribution in [0.2, 0.25) is 0 Å². The number of rotatable bonds is 3. The Bertz CT molecular complexity index is 864. The number of aryl methyl sites for hydroxylation is 1. The molecule has 4 rings (SSSR count). The zero-order chi connectivity index (χ0) is 18.5. The van der Waals surface area contributed by atoms with E-state index in [1.165, 1.54) is 6.20 Å². The number of fused-ring (bicyclic) bond motifs is 1. The van der Waals surface area contributed by atoms with E-state index in [4.69, 9.17) is 5.73 Å². The molecule has 0 radical (unpaired) electrons. The lowest BCUT2D eigenvalue weighted by atomic mass is 9.82. The standard InChI is InChI=1S/C16H20N6O3S/c1-20-9-18-2-11(20)13(24)21-4-10-5-22(7-16(10,6-21)8-23)14(25)12-3-19-15(17)26-12/h2-3,9-10,23H,4-8H2,1H3,(H2,17,19)/t10-,16+/m1/s1. The molecule has 2 aromatic rings. The summed E-state index contributed by atoms with van der Waals surface area (Å²) in [5.41, 5.74) is 5.65. The van der Waals surface area contributed by atoms with Crippen LogP contribution in [0.3, 0.4) is 0 Å². The Kier molecular flexibility index (Phi) is 3.96. The molecular weight excluding hydrogens is 356 g/mol. The van der Waals surface area contributed by atoms with Gasteiger partial charge in [-0.2, -0.15) is 0 Å². The topological polar surface area (TPSA) is 118 Å². The molecule has 138 valence electrons. The SMILES string of the molecule is Cn1cncc1C(=O)N1C[C@@H]2CN(C(=O)c3cnc(N)s3)C[C@]2(CO)C1. The van der Waals surface area contributed by atoms with Crippen LogP contribution in [-0.2, 0) is 7.05 Å². The number of hydrogen-bond acceptors (Lipinski definition) is 7. The van der Waals surface area contributed by atoms with Gasteiger partial charge in [-0.05, 0) is 0 Å². The van der Waals surface area contributed by atoms with Crippen molar-refractivity contribution >= 4 is 28.3 Å². The lowest BCUT2D eigenvalue weighted by Crippen LogP contribution is -2.40. The molecule has 4 heterocycles. The lowest BCUT2D eigenvalue weighted by Gasteiger charge is -2.27. The van der Waals surface area contributed by atoms with Crippen LogP contribution >= 0.6 is 11.3 Å². The van der Waals surface area contributed by atoms with Crippen molar-refractivity contribution in [2.45, 2.75) is 0 Å². The molecule has 2 aromatic heterocycles. The second-order valence-corrected chi connectivity index (χ2v) is 8.10. The summed E-state index contributed by atoms with van der Waals surface area (Å²) in [6, 6.07) is 0. The van der Waals surface area contributed by atoms with Crippen molar-refractivity contribution in [2.75, 3.05) is 38.5 Å². The van der Waals surface area contributed by atoms with Crippen molar-refractivity contribution in [1.82, 2.24) is 24.3 Å². The maximum atomic E-state index is 12.7. The van der Waals surface area contributed by atoms with Crippen LogP contribution in [0.1, 0.15) is 20.2 Å². The molecule has 26 heavy (non-hydrogen) atoms. The molecule has 10 heteroatoms. The molecule has 0 aliphatic carbocycles. The average Bonchev–Trinajstić information content (AvgIpc) is 3.36. The largest absolute Gasteiger partial charge is 0.396 e. The van der Waals surface area contributed by atoms with E-state index < -0.39 is 5.41 Å². The normalized spacial score (nSPS) is 24.9. The molecule has 2 amide bonds. The maximum absolute atomic E-state index is 12.7. The molecule has 0 bridgehead atoms. The van der Waals surface area contributed by atoms with Crippen LogP contribution in [0.15, 0.2) is 18.7 Å². The highest BCUT2D eigenvalue weighted by atomic mass is 32.1. The third kappa shape index (κ3) is 2.56. The third-order valence-corrected chi connectivity index (χ3v) is 6.23. The van der Waals surface area contributed by atoms with Gasteiger partial charge in [0.1, 0.15) is 10.6 Å². The summed E-state index contributed by atoms with van der Waals surface area (Å²) in [4.78, 5) is 37.3. The molecule has 2 fully saturated rings. The number of nitrogen functional groups attached to an aromatic ring is 1. The van der Waals surface area contributed by atoms with E-state index >= 15 is 0 Å². The fourth-order valence-corrected chi connectivity index (χ4v) is 4.63. The number of carbonyl (C=O) groups excluding carboxylic acids is 2. The summed E-state index contributed by atoms with van der Waals surface area (Å²) < 4.78 is 1.69. The van der Waals surface area contributed by atoms with Crippen molar-refractivity contribution in [3.63, 3.8) is 0 Å². The zero-order valence-corrected chi connectivity index (χ0v) is 15.1. The Balaban J connectivity index is 1.50. The van der Waals surface area contributed by atoms with Crippen LogP contribution in [0.25, 0.3) is 0 Å². The van der Waals surface area contributed by atoms with E-state index in [1.807, 2.05) is 0 Å². The fourth-order valence-electron chi connectivity index (χ4n) is 3.98. The minimum Gasteiger partial charge on any atom is -0.396 e. The highest BCUT2D eigenvalue weighted by Crippen LogP contribution is 2.43. The van der Waals surface area contributed by atoms with Gasteiger partial charge in [-0.25, -0.2) is 9.97 Å². The molecule has 2 atom stereocenters. The van der Waals surface area contributed by atoms with Gasteiger partial charge in [0.15, 0.2) is 5.13 Å². The van der Waals surface area contributed by atoms with E-state index in [0.29, 0.717) is 41.9 Å². The first-order chi connectivity index (χ1) is 12.4. The summed E-state index contributed by atoms with van der Waals surface area (Å²) in [7, 11) is 1.78. The molecule has 2 saturated heterocycles. The maximum Gasteiger partial charge on any atom is 0.272 e. The summed E-state index contributed by atoms with van der Waals surface area (Å²) in [6.45, 7) is 1.79. The monoisotopic (exact) mass is 376 g/mol. The predicted octanol–water partition coefficient (Wildman–Crippen LogP) is -0.335. The number of aliphatic hydroxyl groups excluding tert-OH is 1. The Morgan fingerprint density at radius 3 is 2.50 bits per heavy atom. The number of aromatic nitrogens is 3. The van der Waals surface area contributed by atoms with Crippen molar-refractivity contribution in [2.24, 2.45) is 18.4 Å². The molecule has 2 aliphatic heterocycles. The number of imidazole rings is 1. The van der Waals surface area contributed by atoms with Crippen LogP contribution in [0.4, 0.5) is 5.13 Å². The number of nitrogens with two attached hydrogens (primary N) is 1. The van der Waals surface area contributed by atoms with Crippen molar-refractivity contribution < 1.29 is 14.7 Å². The van der Waals surface area contributed by atoms with E-state index in [2.05, 4.69) is 9.97 Å². The second kappa shape index (κ2) is 6.06. The quantitative estimate of drug-likeness (QED) is 0.757. The molecular formula is C16H20N6O3S. The molecule has 0 saturated carbocycles. The number of anilines is 1. The van der Waals surface area contributed by atoms with E-state index in [0.717, 1.165) is 11.3 Å². The number of hydrogen-bond donors (Lipinski definition) is 2.